The predicted molar refractivity (Wildman–Crippen MR) is 147 cm³/mol. The molecule has 5 heterocycles. The van der Waals surface area contributed by atoms with Crippen molar-refractivity contribution >= 4 is 22.9 Å². The Morgan fingerprint density at radius 2 is 1.87 bits per heavy atom. The molecule has 1 aliphatic carbocycles. The topological polar surface area (TPSA) is 159 Å². The third kappa shape index (κ3) is 4.61. The van der Waals surface area contributed by atoms with Gasteiger partial charge in [-0.05, 0) is 85.8 Å². The zero-order chi connectivity index (χ0) is 26.9. The Balaban J connectivity index is 0.000000263. The van der Waals surface area contributed by atoms with Crippen molar-refractivity contribution in [3.63, 3.8) is 0 Å². The summed E-state index contributed by atoms with van der Waals surface area (Å²) in [6, 6.07) is 17.8. The fourth-order valence-electron chi connectivity index (χ4n) is 4.75. The number of aromatic nitrogens is 8. The number of carbonyl (C=O) groups excluding carboxylic acids is 1. The molecular weight excluding hydrogens is 492 g/mol. The molecule has 0 saturated heterocycles. The van der Waals surface area contributed by atoms with Crippen molar-refractivity contribution in [2.24, 2.45) is 5.73 Å². The van der Waals surface area contributed by atoms with E-state index in [0.717, 1.165) is 52.6 Å². The first kappa shape index (κ1) is 24.0. The van der Waals surface area contributed by atoms with Gasteiger partial charge in [-0.15, -0.1) is 0 Å². The van der Waals surface area contributed by atoms with Crippen LogP contribution in [0, 0.1) is 6.92 Å². The molecule has 0 saturated carbocycles. The van der Waals surface area contributed by atoms with E-state index in [9.17, 15) is 4.79 Å². The minimum atomic E-state index is -0.501. The number of hydrogen-bond acceptors (Lipinski definition) is 7. The number of primary amides is 1. The number of benzene rings is 1. The van der Waals surface area contributed by atoms with Gasteiger partial charge in [0.2, 0.25) is 0 Å². The van der Waals surface area contributed by atoms with E-state index in [1.54, 1.807) is 30.1 Å². The van der Waals surface area contributed by atoms with Crippen LogP contribution in [0.3, 0.4) is 0 Å². The summed E-state index contributed by atoms with van der Waals surface area (Å²) in [7, 11) is 0. The summed E-state index contributed by atoms with van der Waals surface area (Å²) in [5, 5.41) is 10.5. The van der Waals surface area contributed by atoms with Crippen LogP contribution in [0.2, 0.25) is 0 Å². The number of rotatable bonds is 4. The maximum atomic E-state index is 10.4. The summed E-state index contributed by atoms with van der Waals surface area (Å²) in [5.74, 6) is 1.42. The van der Waals surface area contributed by atoms with Gasteiger partial charge in [0.1, 0.15) is 17.0 Å². The van der Waals surface area contributed by atoms with Gasteiger partial charge in [-0.2, -0.15) is 10.2 Å². The Morgan fingerprint density at radius 1 is 1.00 bits per heavy atom. The van der Waals surface area contributed by atoms with E-state index in [0.29, 0.717) is 5.82 Å². The van der Waals surface area contributed by atoms with Crippen LogP contribution in [0.25, 0.3) is 34.1 Å². The average Bonchev–Trinajstić information content (AvgIpc) is 3.75. The van der Waals surface area contributed by atoms with Gasteiger partial charge in [-0.3, -0.25) is 14.5 Å². The number of H-pyrrole nitrogens is 1. The standard InChI is InChI=1S/C23H19N7.C5H7N3O/c24-21-18(6-2-11-25-21)22-27-19-9-10-20(29-13-3-12-26-29)28-23(19)30(22)17-8-7-15-4-1-5-16(15)14-17;1-3-2-4(5(6)9)8-7-3/h2-3,6-14H,1,4-5H2,(H2,24,25);2H,1H3,(H2,6,9)(H,7,8). The Morgan fingerprint density at radius 3 is 2.59 bits per heavy atom. The molecule has 1 aromatic carbocycles. The van der Waals surface area contributed by atoms with Crippen LogP contribution < -0.4 is 11.5 Å². The minimum absolute atomic E-state index is 0.285. The van der Waals surface area contributed by atoms with Crippen molar-refractivity contribution < 1.29 is 4.79 Å². The molecule has 6 aromatic rings. The smallest absolute Gasteiger partial charge is 0.269 e. The maximum absolute atomic E-state index is 10.4. The number of fused-ring (bicyclic) bond motifs is 2. The number of nitrogens with zero attached hydrogens (tertiary/aromatic N) is 7. The lowest BCUT2D eigenvalue weighted by Crippen LogP contribution is -2.10. The number of nitrogen functional groups attached to an aromatic ring is 1. The maximum Gasteiger partial charge on any atom is 0.269 e. The summed E-state index contributed by atoms with van der Waals surface area (Å²) in [6.07, 6.45) is 8.76. The molecule has 39 heavy (non-hydrogen) atoms. The molecular formula is C28H26N10O. The summed E-state index contributed by atoms with van der Waals surface area (Å²) in [4.78, 5) is 24.4. The molecule has 1 aliphatic rings. The lowest BCUT2D eigenvalue weighted by atomic mass is 10.1. The number of anilines is 1. The Bertz CT molecular complexity index is 1800. The van der Waals surface area contributed by atoms with Crippen LogP contribution in [-0.4, -0.2) is 45.4 Å². The third-order valence-corrected chi connectivity index (χ3v) is 6.61. The number of aryl methyl sites for hydroxylation is 3. The molecule has 194 valence electrons. The largest absolute Gasteiger partial charge is 0.383 e. The van der Waals surface area contributed by atoms with E-state index in [1.165, 1.54) is 17.5 Å². The molecule has 1 amide bonds. The Hall–Kier alpha value is -5.32. The highest BCUT2D eigenvalue weighted by Crippen LogP contribution is 2.32. The van der Waals surface area contributed by atoms with Crippen molar-refractivity contribution in [1.82, 2.24) is 39.5 Å². The van der Waals surface area contributed by atoms with E-state index < -0.39 is 5.91 Å². The second-order valence-electron chi connectivity index (χ2n) is 9.28. The summed E-state index contributed by atoms with van der Waals surface area (Å²) in [5.41, 5.74) is 18.4. The monoisotopic (exact) mass is 518 g/mol. The number of nitrogens with one attached hydrogen (secondary N) is 1. The molecule has 0 unspecified atom stereocenters. The van der Waals surface area contributed by atoms with Crippen LogP contribution >= 0.6 is 0 Å². The number of pyridine rings is 2. The minimum Gasteiger partial charge on any atom is -0.383 e. The van der Waals surface area contributed by atoms with Crippen LogP contribution in [0.15, 0.2) is 73.2 Å². The molecule has 0 bridgehead atoms. The van der Waals surface area contributed by atoms with E-state index in [4.69, 9.17) is 21.4 Å². The SMILES string of the molecule is Cc1cc(C(N)=O)n[nH]1.Nc1ncccc1-c1nc2ccc(-n3cccn3)nc2n1-c1ccc2c(c1)CCC2. The van der Waals surface area contributed by atoms with Crippen LogP contribution in [0.1, 0.15) is 33.7 Å². The zero-order valence-corrected chi connectivity index (χ0v) is 21.2. The molecule has 5 aromatic heterocycles. The number of amides is 1. The highest BCUT2D eigenvalue weighted by molar-refractivity contribution is 5.90. The second kappa shape index (κ2) is 9.86. The van der Waals surface area contributed by atoms with Crippen molar-refractivity contribution in [3.8, 4) is 22.9 Å². The van der Waals surface area contributed by atoms with Crippen LogP contribution in [-0.2, 0) is 12.8 Å². The Labute approximate surface area is 223 Å². The van der Waals surface area contributed by atoms with E-state index in [2.05, 4.69) is 43.0 Å². The van der Waals surface area contributed by atoms with Gasteiger partial charge in [-0.25, -0.2) is 19.6 Å². The fourth-order valence-corrected chi connectivity index (χ4v) is 4.75. The van der Waals surface area contributed by atoms with Gasteiger partial charge in [0.15, 0.2) is 17.3 Å². The number of nitrogens with two attached hydrogens (primary N) is 2. The first-order valence-corrected chi connectivity index (χ1v) is 12.5. The highest BCUT2D eigenvalue weighted by Gasteiger charge is 2.20. The molecule has 0 atom stereocenters. The van der Waals surface area contributed by atoms with Gasteiger partial charge >= 0.3 is 0 Å². The number of aromatic amines is 1. The van der Waals surface area contributed by atoms with Gasteiger partial charge in [0.05, 0.1) is 5.56 Å². The Kier molecular flexibility index (Phi) is 6.08. The lowest BCUT2D eigenvalue weighted by Gasteiger charge is -2.12. The van der Waals surface area contributed by atoms with Gasteiger partial charge in [-0.1, -0.05) is 6.07 Å². The summed E-state index contributed by atoms with van der Waals surface area (Å²) in [6.45, 7) is 1.80. The average molecular weight is 519 g/mol. The molecule has 7 rings (SSSR count). The summed E-state index contributed by atoms with van der Waals surface area (Å²) >= 11 is 0. The van der Waals surface area contributed by atoms with Crippen LogP contribution in [0.5, 0.6) is 0 Å². The molecule has 11 heteroatoms. The lowest BCUT2D eigenvalue weighted by molar-refractivity contribution is 0.0995. The molecule has 5 N–H and O–H groups in total. The fraction of sp³-hybridized carbons (Fsp3) is 0.143. The number of imidazole rings is 1. The van der Waals surface area contributed by atoms with Crippen molar-refractivity contribution in [3.05, 3.63) is 95.7 Å². The summed E-state index contributed by atoms with van der Waals surface area (Å²) < 4.78 is 3.83. The van der Waals surface area contributed by atoms with Crippen molar-refractivity contribution in [1.29, 1.82) is 0 Å². The molecule has 0 radical (unpaired) electrons. The van der Waals surface area contributed by atoms with Crippen molar-refractivity contribution in [2.45, 2.75) is 26.2 Å². The van der Waals surface area contributed by atoms with Gasteiger partial charge in [0.25, 0.3) is 5.91 Å². The molecule has 0 aliphatic heterocycles. The van der Waals surface area contributed by atoms with E-state index in [-0.39, 0.29) is 5.69 Å². The van der Waals surface area contributed by atoms with Gasteiger partial charge in [0, 0.05) is 30.0 Å². The highest BCUT2D eigenvalue weighted by atomic mass is 16.1. The first-order chi connectivity index (χ1) is 19.0. The predicted octanol–water partition coefficient (Wildman–Crippen LogP) is 3.56. The number of hydrogen-bond donors (Lipinski definition) is 3. The van der Waals surface area contributed by atoms with E-state index >= 15 is 0 Å². The molecule has 11 nitrogen and oxygen atoms in total. The molecule has 0 fully saturated rings. The zero-order valence-electron chi connectivity index (χ0n) is 21.2. The third-order valence-electron chi connectivity index (χ3n) is 6.61. The van der Waals surface area contributed by atoms with E-state index in [1.807, 2.05) is 36.5 Å². The number of carbonyl (C=O) groups is 1. The normalized spacial score (nSPS) is 12.2. The molecule has 0 spiro atoms. The van der Waals surface area contributed by atoms with Gasteiger partial charge < -0.3 is 11.5 Å². The second-order valence-corrected chi connectivity index (χ2v) is 9.28. The van der Waals surface area contributed by atoms with Crippen molar-refractivity contribution in [2.75, 3.05) is 5.73 Å². The van der Waals surface area contributed by atoms with Crippen LogP contribution in [0.4, 0.5) is 5.82 Å². The first-order valence-electron chi connectivity index (χ1n) is 12.5. The quantitative estimate of drug-likeness (QED) is 0.322.